The van der Waals surface area contributed by atoms with E-state index in [2.05, 4.69) is 16.0 Å². The lowest BCUT2D eigenvalue weighted by Crippen LogP contribution is -2.29. The molecule has 1 aliphatic rings. The van der Waals surface area contributed by atoms with Gasteiger partial charge in [0.1, 0.15) is 5.82 Å². The lowest BCUT2D eigenvalue weighted by atomic mass is 10.1. The Morgan fingerprint density at radius 1 is 1.16 bits per heavy atom. The van der Waals surface area contributed by atoms with Crippen LogP contribution < -0.4 is 16.0 Å². The Hall–Kier alpha value is -2.89. The molecule has 2 aromatic rings. The van der Waals surface area contributed by atoms with Crippen LogP contribution in [0, 0.1) is 12.7 Å². The summed E-state index contributed by atoms with van der Waals surface area (Å²) in [4.78, 5) is 24.2. The van der Waals surface area contributed by atoms with Crippen molar-refractivity contribution in [3.05, 3.63) is 65.0 Å². The Morgan fingerprint density at radius 3 is 2.64 bits per heavy atom. The van der Waals surface area contributed by atoms with Gasteiger partial charge in [-0.3, -0.25) is 4.79 Å². The Balaban J connectivity index is 1.62. The molecule has 0 unspecified atom stereocenters. The third-order valence-corrected chi connectivity index (χ3v) is 4.06. The topological polar surface area (TPSA) is 70.2 Å². The molecule has 0 bridgehead atoms. The molecule has 3 rings (SSSR count). The molecule has 130 valence electrons. The van der Waals surface area contributed by atoms with Gasteiger partial charge in [-0.2, -0.15) is 0 Å². The summed E-state index contributed by atoms with van der Waals surface area (Å²) < 4.78 is 13.6. The van der Waals surface area contributed by atoms with Crippen LogP contribution in [-0.2, 0) is 6.54 Å². The quantitative estimate of drug-likeness (QED) is 0.780. The summed E-state index contributed by atoms with van der Waals surface area (Å²) in [6.45, 7) is 1.93. The van der Waals surface area contributed by atoms with Crippen LogP contribution in [0.25, 0.3) is 0 Å². The number of amides is 3. The van der Waals surface area contributed by atoms with Gasteiger partial charge in [-0.25, -0.2) is 9.18 Å². The average molecular weight is 341 g/mol. The van der Waals surface area contributed by atoms with Gasteiger partial charge in [0.25, 0.3) is 5.91 Å². The van der Waals surface area contributed by atoms with Gasteiger partial charge in [-0.15, -0.1) is 0 Å². The van der Waals surface area contributed by atoms with E-state index < -0.39 is 6.03 Å². The molecule has 0 aromatic heterocycles. The first kappa shape index (κ1) is 17.0. The van der Waals surface area contributed by atoms with Crippen LogP contribution in [-0.4, -0.2) is 18.0 Å². The molecular formula is C19H20FN3O2. The summed E-state index contributed by atoms with van der Waals surface area (Å²) in [5, 5.41) is 8.24. The van der Waals surface area contributed by atoms with Gasteiger partial charge in [0.2, 0.25) is 0 Å². The van der Waals surface area contributed by atoms with E-state index in [0.717, 1.165) is 18.4 Å². The molecule has 25 heavy (non-hydrogen) atoms. The lowest BCUT2D eigenvalue weighted by molar-refractivity contribution is 0.0951. The van der Waals surface area contributed by atoms with Crippen LogP contribution in [0.2, 0.25) is 0 Å². The van der Waals surface area contributed by atoms with Crippen molar-refractivity contribution in [1.82, 2.24) is 10.6 Å². The minimum Gasteiger partial charge on any atom is -0.349 e. The molecule has 0 atom stereocenters. The Morgan fingerprint density at radius 2 is 1.92 bits per heavy atom. The van der Waals surface area contributed by atoms with Crippen molar-refractivity contribution < 1.29 is 14.0 Å². The molecular weight excluding hydrogens is 321 g/mol. The van der Waals surface area contributed by atoms with Gasteiger partial charge in [0, 0.05) is 29.4 Å². The predicted octanol–water partition coefficient (Wildman–Crippen LogP) is 3.35. The maximum atomic E-state index is 13.6. The molecule has 0 spiro atoms. The second kappa shape index (κ2) is 7.34. The highest BCUT2D eigenvalue weighted by atomic mass is 19.1. The second-order valence-electron chi connectivity index (χ2n) is 6.18. The number of carbonyl (C=O) groups excluding carboxylic acids is 2. The molecule has 6 heteroatoms. The first-order chi connectivity index (χ1) is 12.0. The smallest absolute Gasteiger partial charge is 0.319 e. The largest absolute Gasteiger partial charge is 0.349 e. The van der Waals surface area contributed by atoms with Crippen molar-refractivity contribution in [3.8, 4) is 0 Å². The van der Waals surface area contributed by atoms with Crippen molar-refractivity contribution in [1.29, 1.82) is 0 Å². The summed E-state index contributed by atoms with van der Waals surface area (Å²) in [6, 6.07) is 11.3. The summed E-state index contributed by atoms with van der Waals surface area (Å²) in [6.07, 6.45) is 2.03. The normalized spacial score (nSPS) is 13.2. The maximum Gasteiger partial charge on any atom is 0.319 e. The molecule has 2 aromatic carbocycles. The first-order valence-electron chi connectivity index (χ1n) is 8.22. The number of aryl methyl sites for hydroxylation is 1. The Bertz CT molecular complexity index is 803. The number of urea groups is 1. The second-order valence-corrected chi connectivity index (χ2v) is 6.18. The molecule has 0 heterocycles. The van der Waals surface area contributed by atoms with Crippen LogP contribution in [0.3, 0.4) is 0 Å². The first-order valence-corrected chi connectivity index (χ1v) is 8.22. The molecule has 5 nitrogen and oxygen atoms in total. The maximum absolute atomic E-state index is 13.6. The monoisotopic (exact) mass is 341 g/mol. The molecule has 1 fully saturated rings. The van der Waals surface area contributed by atoms with Gasteiger partial charge < -0.3 is 16.0 Å². The van der Waals surface area contributed by atoms with Crippen LogP contribution in [0.1, 0.15) is 34.3 Å². The number of rotatable bonds is 5. The van der Waals surface area contributed by atoms with Crippen LogP contribution >= 0.6 is 0 Å². The van der Waals surface area contributed by atoms with Gasteiger partial charge in [0.05, 0.1) is 0 Å². The fourth-order valence-corrected chi connectivity index (χ4v) is 2.38. The number of carbonyl (C=O) groups is 2. The standard InChI is InChI=1S/C19H20FN3O2/c1-12-6-7-13(18(24)22-15-8-9-15)10-17(12)23-19(25)21-11-14-4-2-3-5-16(14)20/h2-7,10,15H,8-9,11H2,1H3,(H,22,24)(H2,21,23,25). The Labute approximate surface area is 145 Å². The molecule has 3 amide bonds. The summed E-state index contributed by atoms with van der Waals surface area (Å²) >= 11 is 0. The number of benzene rings is 2. The third-order valence-electron chi connectivity index (χ3n) is 4.06. The van der Waals surface area contributed by atoms with Crippen LogP contribution in [0.4, 0.5) is 14.9 Å². The fourth-order valence-electron chi connectivity index (χ4n) is 2.38. The van der Waals surface area contributed by atoms with Crippen LogP contribution in [0.15, 0.2) is 42.5 Å². The summed E-state index contributed by atoms with van der Waals surface area (Å²) in [7, 11) is 0. The lowest BCUT2D eigenvalue weighted by Gasteiger charge is -2.12. The van der Waals surface area contributed by atoms with Gasteiger partial charge in [-0.1, -0.05) is 24.3 Å². The van der Waals surface area contributed by atoms with E-state index >= 15 is 0 Å². The molecule has 1 aliphatic carbocycles. The number of nitrogens with one attached hydrogen (secondary N) is 3. The zero-order chi connectivity index (χ0) is 17.8. The van der Waals surface area contributed by atoms with E-state index in [-0.39, 0.29) is 24.3 Å². The summed E-state index contributed by atoms with van der Waals surface area (Å²) in [5.74, 6) is -0.505. The molecule has 3 N–H and O–H groups in total. The number of hydrogen-bond donors (Lipinski definition) is 3. The minimum absolute atomic E-state index is 0.0827. The highest BCUT2D eigenvalue weighted by molar-refractivity contribution is 5.97. The van der Waals surface area contributed by atoms with Crippen molar-refractivity contribution in [3.63, 3.8) is 0 Å². The highest BCUT2D eigenvalue weighted by Gasteiger charge is 2.24. The number of hydrogen-bond acceptors (Lipinski definition) is 2. The van der Waals surface area contributed by atoms with E-state index in [4.69, 9.17) is 0 Å². The van der Waals surface area contributed by atoms with E-state index in [9.17, 15) is 14.0 Å². The predicted molar refractivity (Wildman–Crippen MR) is 93.9 cm³/mol. The fraction of sp³-hybridized carbons (Fsp3) is 0.263. The Kier molecular flexibility index (Phi) is 4.97. The minimum atomic E-state index is -0.453. The van der Waals surface area contributed by atoms with Crippen molar-refractivity contribution in [2.75, 3.05) is 5.32 Å². The number of anilines is 1. The zero-order valence-electron chi connectivity index (χ0n) is 13.9. The molecule has 0 aliphatic heterocycles. The highest BCUT2D eigenvalue weighted by Crippen LogP contribution is 2.21. The van der Waals surface area contributed by atoms with Crippen molar-refractivity contribution in [2.45, 2.75) is 32.4 Å². The van der Waals surface area contributed by atoms with Crippen LogP contribution in [0.5, 0.6) is 0 Å². The van der Waals surface area contributed by atoms with E-state index in [0.29, 0.717) is 16.8 Å². The van der Waals surface area contributed by atoms with E-state index in [1.165, 1.54) is 6.07 Å². The SMILES string of the molecule is Cc1ccc(C(=O)NC2CC2)cc1NC(=O)NCc1ccccc1F. The molecule has 0 radical (unpaired) electrons. The van der Waals surface area contributed by atoms with Gasteiger partial charge >= 0.3 is 6.03 Å². The van der Waals surface area contributed by atoms with Gasteiger partial charge in [0.15, 0.2) is 0 Å². The van der Waals surface area contributed by atoms with Crippen molar-refractivity contribution in [2.24, 2.45) is 0 Å². The third kappa shape index (κ3) is 4.56. The molecule has 1 saturated carbocycles. The van der Waals surface area contributed by atoms with Crippen molar-refractivity contribution >= 4 is 17.6 Å². The zero-order valence-corrected chi connectivity index (χ0v) is 13.9. The molecule has 0 saturated heterocycles. The average Bonchev–Trinajstić information content (AvgIpc) is 3.40. The number of halogens is 1. The van der Waals surface area contributed by atoms with E-state index in [1.54, 1.807) is 36.4 Å². The van der Waals surface area contributed by atoms with Gasteiger partial charge in [-0.05, 0) is 43.5 Å². The summed E-state index contributed by atoms with van der Waals surface area (Å²) in [5.41, 5.74) is 2.30. The van der Waals surface area contributed by atoms with E-state index in [1.807, 2.05) is 6.92 Å².